The SMILES string of the molecule is CCN(CC)C(=O)CN(C)C(C)Cc1ccc(O)cc1. The number of benzene rings is 1. The van der Waals surface area contributed by atoms with Crippen LogP contribution in [-0.2, 0) is 11.2 Å². The second-order valence-electron chi connectivity index (χ2n) is 5.20. The summed E-state index contributed by atoms with van der Waals surface area (Å²) in [5.74, 6) is 0.460. The van der Waals surface area contributed by atoms with Gasteiger partial charge >= 0.3 is 0 Å². The van der Waals surface area contributed by atoms with E-state index in [0.717, 1.165) is 25.1 Å². The third kappa shape index (κ3) is 4.85. The van der Waals surface area contributed by atoms with Crippen molar-refractivity contribution in [2.75, 3.05) is 26.7 Å². The normalized spacial score (nSPS) is 12.4. The molecular formula is C16H26N2O2. The van der Waals surface area contributed by atoms with Gasteiger partial charge in [0.1, 0.15) is 5.75 Å². The fourth-order valence-electron chi connectivity index (χ4n) is 2.17. The largest absolute Gasteiger partial charge is 0.508 e. The third-order valence-electron chi connectivity index (χ3n) is 3.72. The van der Waals surface area contributed by atoms with Crippen LogP contribution in [0.5, 0.6) is 5.75 Å². The molecule has 4 nitrogen and oxygen atoms in total. The minimum absolute atomic E-state index is 0.176. The average Bonchev–Trinajstić information content (AvgIpc) is 2.42. The van der Waals surface area contributed by atoms with Gasteiger partial charge in [-0.05, 0) is 51.9 Å². The molecule has 0 bridgehead atoms. The first-order valence-electron chi connectivity index (χ1n) is 7.23. The van der Waals surface area contributed by atoms with Crippen molar-refractivity contribution in [1.82, 2.24) is 9.80 Å². The summed E-state index contributed by atoms with van der Waals surface area (Å²) in [6.07, 6.45) is 0.863. The van der Waals surface area contributed by atoms with E-state index in [1.165, 1.54) is 0 Å². The van der Waals surface area contributed by atoms with Crippen LogP contribution < -0.4 is 0 Å². The van der Waals surface area contributed by atoms with Crippen molar-refractivity contribution in [3.8, 4) is 5.75 Å². The van der Waals surface area contributed by atoms with Crippen molar-refractivity contribution in [1.29, 1.82) is 0 Å². The first kappa shape index (κ1) is 16.5. The van der Waals surface area contributed by atoms with Crippen molar-refractivity contribution in [3.63, 3.8) is 0 Å². The molecule has 0 aliphatic carbocycles. The van der Waals surface area contributed by atoms with Crippen LogP contribution >= 0.6 is 0 Å². The zero-order valence-electron chi connectivity index (χ0n) is 13.0. The van der Waals surface area contributed by atoms with Gasteiger partial charge in [-0.1, -0.05) is 12.1 Å². The molecule has 0 aliphatic rings. The Morgan fingerprint density at radius 2 is 1.75 bits per heavy atom. The van der Waals surface area contributed by atoms with E-state index in [0.29, 0.717) is 6.54 Å². The zero-order chi connectivity index (χ0) is 15.1. The van der Waals surface area contributed by atoms with E-state index in [9.17, 15) is 9.90 Å². The number of carbonyl (C=O) groups excluding carboxylic acids is 1. The number of hydrogen-bond acceptors (Lipinski definition) is 3. The fourth-order valence-corrected chi connectivity index (χ4v) is 2.17. The molecule has 0 radical (unpaired) electrons. The van der Waals surface area contributed by atoms with Gasteiger partial charge in [-0.15, -0.1) is 0 Å². The predicted octanol–water partition coefficient (Wildman–Crippen LogP) is 2.12. The molecule has 1 aromatic rings. The summed E-state index contributed by atoms with van der Waals surface area (Å²) in [5.41, 5.74) is 1.16. The van der Waals surface area contributed by atoms with Gasteiger partial charge in [-0.25, -0.2) is 0 Å². The number of nitrogens with zero attached hydrogens (tertiary/aromatic N) is 2. The van der Waals surface area contributed by atoms with Gasteiger partial charge in [0.15, 0.2) is 0 Å². The summed E-state index contributed by atoms with van der Waals surface area (Å²) in [7, 11) is 1.98. The molecule has 0 fully saturated rings. The zero-order valence-corrected chi connectivity index (χ0v) is 13.0. The molecule has 112 valence electrons. The summed E-state index contributed by atoms with van der Waals surface area (Å²) < 4.78 is 0. The van der Waals surface area contributed by atoms with E-state index in [4.69, 9.17) is 0 Å². The van der Waals surface area contributed by atoms with Crippen LogP contribution in [0.25, 0.3) is 0 Å². The molecule has 0 aliphatic heterocycles. The number of phenols is 1. The minimum Gasteiger partial charge on any atom is -0.508 e. The topological polar surface area (TPSA) is 43.8 Å². The second-order valence-corrected chi connectivity index (χ2v) is 5.20. The Morgan fingerprint density at radius 1 is 1.20 bits per heavy atom. The quantitative estimate of drug-likeness (QED) is 0.831. The molecular weight excluding hydrogens is 252 g/mol. The highest BCUT2D eigenvalue weighted by Gasteiger charge is 2.16. The number of rotatable bonds is 7. The molecule has 1 unspecified atom stereocenters. The molecule has 20 heavy (non-hydrogen) atoms. The monoisotopic (exact) mass is 278 g/mol. The molecule has 1 amide bonds. The van der Waals surface area contributed by atoms with Gasteiger partial charge < -0.3 is 10.0 Å². The fraction of sp³-hybridized carbons (Fsp3) is 0.562. The molecule has 0 heterocycles. The Bertz CT molecular complexity index is 413. The molecule has 0 saturated carbocycles. The van der Waals surface area contributed by atoms with Crippen LogP contribution in [0.3, 0.4) is 0 Å². The number of likely N-dealkylation sites (N-methyl/N-ethyl adjacent to an activating group) is 2. The van der Waals surface area contributed by atoms with E-state index in [1.807, 2.05) is 37.9 Å². The molecule has 0 spiro atoms. The highest BCUT2D eigenvalue weighted by molar-refractivity contribution is 5.78. The minimum atomic E-state index is 0.176. The predicted molar refractivity (Wildman–Crippen MR) is 81.8 cm³/mol. The van der Waals surface area contributed by atoms with Crippen molar-refractivity contribution in [3.05, 3.63) is 29.8 Å². The Hall–Kier alpha value is -1.55. The maximum Gasteiger partial charge on any atom is 0.236 e. The van der Waals surface area contributed by atoms with E-state index >= 15 is 0 Å². The lowest BCUT2D eigenvalue weighted by atomic mass is 10.1. The average molecular weight is 278 g/mol. The van der Waals surface area contributed by atoms with Crippen molar-refractivity contribution in [2.45, 2.75) is 33.2 Å². The van der Waals surface area contributed by atoms with Gasteiger partial charge in [0.05, 0.1) is 6.54 Å². The van der Waals surface area contributed by atoms with Gasteiger partial charge in [0, 0.05) is 19.1 Å². The lowest BCUT2D eigenvalue weighted by molar-refractivity contribution is -0.132. The second kappa shape index (κ2) is 7.90. The van der Waals surface area contributed by atoms with Gasteiger partial charge in [0.2, 0.25) is 5.91 Å². The molecule has 1 N–H and O–H groups in total. The Labute approximate surface area is 122 Å². The lowest BCUT2D eigenvalue weighted by Crippen LogP contribution is -2.42. The van der Waals surface area contributed by atoms with E-state index in [2.05, 4.69) is 11.8 Å². The number of aromatic hydroxyl groups is 1. The molecule has 1 atom stereocenters. The van der Waals surface area contributed by atoms with E-state index < -0.39 is 0 Å². The molecule has 1 aromatic carbocycles. The highest BCUT2D eigenvalue weighted by atomic mass is 16.3. The molecule has 4 heteroatoms. The lowest BCUT2D eigenvalue weighted by Gasteiger charge is -2.27. The molecule has 1 rings (SSSR count). The van der Waals surface area contributed by atoms with Crippen LogP contribution in [0.15, 0.2) is 24.3 Å². The smallest absolute Gasteiger partial charge is 0.236 e. The van der Waals surface area contributed by atoms with Crippen molar-refractivity contribution in [2.24, 2.45) is 0 Å². The van der Waals surface area contributed by atoms with E-state index in [-0.39, 0.29) is 17.7 Å². The van der Waals surface area contributed by atoms with Crippen LogP contribution in [0.2, 0.25) is 0 Å². The summed E-state index contributed by atoms with van der Waals surface area (Å²) in [4.78, 5) is 16.0. The van der Waals surface area contributed by atoms with Gasteiger partial charge in [-0.2, -0.15) is 0 Å². The van der Waals surface area contributed by atoms with Gasteiger partial charge in [0.25, 0.3) is 0 Å². The molecule has 0 aromatic heterocycles. The summed E-state index contributed by atoms with van der Waals surface area (Å²) in [6.45, 7) is 8.08. The maximum absolute atomic E-state index is 12.1. The Balaban J connectivity index is 2.52. The Kier molecular flexibility index (Phi) is 6.52. The van der Waals surface area contributed by atoms with Crippen LogP contribution in [0.4, 0.5) is 0 Å². The highest BCUT2D eigenvalue weighted by Crippen LogP contribution is 2.13. The molecule has 0 saturated heterocycles. The summed E-state index contributed by atoms with van der Waals surface area (Å²) in [5, 5.41) is 9.27. The van der Waals surface area contributed by atoms with Crippen LogP contribution in [-0.4, -0.2) is 53.5 Å². The third-order valence-corrected chi connectivity index (χ3v) is 3.72. The summed E-state index contributed by atoms with van der Waals surface area (Å²) >= 11 is 0. The number of amides is 1. The summed E-state index contributed by atoms with van der Waals surface area (Å²) in [6, 6.07) is 7.52. The maximum atomic E-state index is 12.1. The first-order valence-corrected chi connectivity index (χ1v) is 7.23. The van der Waals surface area contributed by atoms with Crippen molar-refractivity contribution >= 4 is 5.91 Å². The van der Waals surface area contributed by atoms with Crippen LogP contribution in [0.1, 0.15) is 26.3 Å². The first-order chi connectivity index (χ1) is 9.47. The number of phenolic OH excluding ortho intramolecular Hbond substituents is 1. The van der Waals surface area contributed by atoms with Crippen LogP contribution in [0, 0.1) is 0 Å². The number of carbonyl (C=O) groups is 1. The standard InChI is InChI=1S/C16H26N2O2/c1-5-18(6-2)16(20)12-17(4)13(3)11-14-7-9-15(19)10-8-14/h7-10,13,19H,5-6,11-12H2,1-4H3. The van der Waals surface area contributed by atoms with E-state index in [1.54, 1.807) is 12.1 Å². The van der Waals surface area contributed by atoms with Gasteiger partial charge in [-0.3, -0.25) is 9.69 Å². The Morgan fingerprint density at radius 3 is 2.25 bits per heavy atom. The van der Waals surface area contributed by atoms with Crippen molar-refractivity contribution < 1.29 is 9.90 Å². The number of hydrogen-bond donors (Lipinski definition) is 1.